The molecule has 10 nitrogen and oxygen atoms in total. The van der Waals surface area contributed by atoms with Gasteiger partial charge in [0.15, 0.2) is 6.10 Å². The number of morpholine rings is 1. The second-order valence-corrected chi connectivity index (χ2v) is 11.5. The fourth-order valence-electron chi connectivity index (χ4n) is 4.59. The highest BCUT2D eigenvalue weighted by Crippen LogP contribution is 2.36. The van der Waals surface area contributed by atoms with Gasteiger partial charge in [-0.2, -0.15) is 4.31 Å². The molecule has 1 saturated heterocycles. The first kappa shape index (κ1) is 27.6. The molecule has 0 bridgehead atoms. The van der Waals surface area contributed by atoms with Crippen LogP contribution in [0.2, 0.25) is 0 Å². The Kier molecular flexibility index (Phi) is 8.06. The topological polar surface area (TPSA) is 114 Å². The number of ether oxygens (including phenoxy) is 3. The van der Waals surface area contributed by atoms with Crippen molar-refractivity contribution < 1.29 is 32.2 Å². The Morgan fingerprint density at radius 3 is 2.52 bits per heavy atom. The summed E-state index contributed by atoms with van der Waals surface area (Å²) in [4.78, 5) is 27.7. The molecule has 5 rings (SSSR count). The summed E-state index contributed by atoms with van der Waals surface area (Å²) in [7, 11) is -3.66. The first-order chi connectivity index (χ1) is 19.2. The average Bonchev–Trinajstić information content (AvgIpc) is 2.96. The van der Waals surface area contributed by atoms with E-state index < -0.39 is 22.0 Å². The molecule has 1 N–H and O–H groups in total. The van der Waals surface area contributed by atoms with E-state index in [0.29, 0.717) is 55.5 Å². The van der Waals surface area contributed by atoms with Crippen LogP contribution in [0.3, 0.4) is 0 Å². The Labute approximate surface area is 233 Å². The van der Waals surface area contributed by atoms with E-state index in [1.165, 1.54) is 28.6 Å². The molecule has 40 heavy (non-hydrogen) atoms. The molecule has 2 amide bonds. The Balaban J connectivity index is 1.28. The third-order valence-corrected chi connectivity index (χ3v) is 8.64. The SMILES string of the molecule is Cc1cccc(OCCN2C(=O)C(C)Oc3ccc(NC(=O)c4ccc(S(=O)(=O)N5CCOCC5)cc4)cc32)c1. The van der Waals surface area contributed by atoms with Gasteiger partial charge in [0, 0.05) is 24.3 Å². The zero-order valence-corrected chi connectivity index (χ0v) is 23.1. The van der Waals surface area contributed by atoms with E-state index in [2.05, 4.69) is 5.32 Å². The number of anilines is 2. The van der Waals surface area contributed by atoms with E-state index in [4.69, 9.17) is 14.2 Å². The third kappa shape index (κ3) is 5.96. The van der Waals surface area contributed by atoms with Crippen LogP contribution < -0.4 is 19.7 Å². The summed E-state index contributed by atoms with van der Waals surface area (Å²) in [6.45, 7) is 5.54. The summed E-state index contributed by atoms with van der Waals surface area (Å²) < 4.78 is 44.0. The molecule has 3 aromatic carbocycles. The monoisotopic (exact) mass is 565 g/mol. The van der Waals surface area contributed by atoms with Crippen molar-refractivity contribution in [1.29, 1.82) is 0 Å². The van der Waals surface area contributed by atoms with Gasteiger partial charge in [0.25, 0.3) is 11.8 Å². The first-order valence-corrected chi connectivity index (χ1v) is 14.5. The minimum Gasteiger partial charge on any atom is -0.492 e. The van der Waals surface area contributed by atoms with E-state index in [1.54, 1.807) is 30.0 Å². The van der Waals surface area contributed by atoms with Crippen molar-refractivity contribution in [2.24, 2.45) is 0 Å². The smallest absolute Gasteiger partial charge is 0.267 e. The third-order valence-electron chi connectivity index (χ3n) is 6.72. The fraction of sp³-hybridized carbons (Fsp3) is 0.310. The van der Waals surface area contributed by atoms with Gasteiger partial charge < -0.3 is 24.4 Å². The van der Waals surface area contributed by atoms with Crippen LogP contribution in [0, 0.1) is 6.92 Å². The van der Waals surface area contributed by atoms with Crippen molar-refractivity contribution in [3.05, 3.63) is 77.9 Å². The van der Waals surface area contributed by atoms with Gasteiger partial charge in [0.2, 0.25) is 10.0 Å². The Morgan fingerprint density at radius 1 is 1.05 bits per heavy atom. The first-order valence-electron chi connectivity index (χ1n) is 13.0. The maximum atomic E-state index is 13.0. The van der Waals surface area contributed by atoms with E-state index in [1.807, 2.05) is 31.2 Å². The van der Waals surface area contributed by atoms with E-state index in [0.717, 1.165) is 11.3 Å². The molecule has 0 radical (unpaired) electrons. The molecule has 1 atom stereocenters. The minimum atomic E-state index is -3.66. The van der Waals surface area contributed by atoms with Crippen molar-refractivity contribution in [2.75, 3.05) is 49.7 Å². The van der Waals surface area contributed by atoms with Gasteiger partial charge in [-0.15, -0.1) is 0 Å². The summed E-state index contributed by atoms with van der Waals surface area (Å²) in [5.41, 5.74) is 2.36. The number of carbonyl (C=O) groups excluding carboxylic acids is 2. The van der Waals surface area contributed by atoms with Gasteiger partial charge in [-0.05, 0) is 74.0 Å². The molecule has 2 heterocycles. The molecule has 0 spiro atoms. The van der Waals surface area contributed by atoms with Crippen LogP contribution in [-0.4, -0.2) is 70.1 Å². The molecule has 0 saturated carbocycles. The van der Waals surface area contributed by atoms with Crippen LogP contribution in [0.5, 0.6) is 11.5 Å². The largest absolute Gasteiger partial charge is 0.492 e. The minimum absolute atomic E-state index is 0.119. The van der Waals surface area contributed by atoms with E-state index in [-0.39, 0.29) is 17.4 Å². The number of rotatable bonds is 8. The maximum absolute atomic E-state index is 13.0. The van der Waals surface area contributed by atoms with Crippen molar-refractivity contribution in [1.82, 2.24) is 4.31 Å². The number of benzene rings is 3. The Morgan fingerprint density at radius 2 is 1.80 bits per heavy atom. The van der Waals surface area contributed by atoms with Gasteiger partial charge in [0.05, 0.1) is 30.3 Å². The number of nitrogens with zero attached hydrogens (tertiary/aromatic N) is 2. The van der Waals surface area contributed by atoms with Gasteiger partial charge >= 0.3 is 0 Å². The van der Waals surface area contributed by atoms with Crippen molar-refractivity contribution in [2.45, 2.75) is 24.8 Å². The maximum Gasteiger partial charge on any atom is 0.267 e. The van der Waals surface area contributed by atoms with Crippen LogP contribution >= 0.6 is 0 Å². The summed E-state index contributed by atoms with van der Waals surface area (Å²) in [5, 5.41) is 2.82. The molecule has 2 aliphatic heterocycles. The van der Waals surface area contributed by atoms with Crippen LogP contribution in [0.25, 0.3) is 0 Å². The number of aryl methyl sites for hydroxylation is 1. The zero-order valence-electron chi connectivity index (χ0n) is 22.3. The number of hydrogen-bond donors (Lipinski definition) is 1. The van der Waals surface area contributed by atoms with Crippen molar-refractivity contribution in [3.8, 4) is 11.5 Å². The van der Waals surface area contributed by atoms with Crippen LogP contribution in [0.1, 0.15) is 22.8 Å². The lowest BCUT2D eigenvalue weighted by Crippen LogP contribution is -2.46. The molecular formula is C29H31N3O7S. The normalized spacial score (nSPS) is 17.6. The highest BCUT2D eigenvalue weighted by molar-refractivity contribution is 7.89. The lowest BCUT2D eigenvalue weighted by molar-refractivity contribution is -0.125. The van der Waals surface area contributed by atoms with Crippen LogP contribution in [0.4, 0.5) is 11.4 Å². The molecule has 210 valence electrons. The van der Waals surface area contributed by atoms with E-state index >= 15 is 0 Å². The molecule has 1 unspecified atom stereocenters. The van der Waals surface area contributed by atoms with Crippen molar-refractivity contribution >= 4 is 33.2 Å². The van der Waals surface area contributed by atoms with E-state index in [9.17, 15) is 18.0 Å². The number of amides is 2. The summed E-state index contributed by atoms with van der Waals surface area (Å²) >= 11 is 0. The lowest BCUT2D eigenvalue weighted by Gasteiger charge is -2.33. The Hall–Kier alpha value is -3.93. The van der Waals surface area contributed by atoms with Crippen LogP contribution in [-0.2, 0) is 19.6 Å². The quantitative estimate of drug-likeness (QED) is 0.445. The molecule has 1 fully saturated rings. The number of sulfonamides is 1. The molecule has 0 aliphatic carbocycles. The second-order valence-electron chi connectivity index (χ2n) is 9.59. The molecule has 11 heteroatoms. The standard InChI is InChI=1S/C29H31N3O7S/c1-20-4-3-5-24(18-20)38-17-14-32-26-19-23(8-11-27(26)39-21(2)29(32)34)30-28(33)22-6-9-25(10-7-22)40(35,36)31-12-15-37-16-13-31/h3-11,18-19,21H,12-17H2,1-2H3,(H,30,33). The fourth-order valence-corrected chi connectivity index (χ4v) is 6.00. The van der Waals surface area contributed by atoms with Gasteiger partial charge in [-0.1, -0.05) is 12.1 Å². The highest BCUT2D eigenvalue weighted by atomic mass is 32.2. The molecular weight excluding hydrogens is 534 g/mol. The number of fused-ring (bicyclic) bond motifs is 1. The summed E-state index contributed by atoms with van der Waals surface area (Å²) in [6.07, 6.45) is -0.654. The van der Waals surface area contributed by atoms with Gasteiger partial charge in [0.1, 0.15) is 18.1 Å². The Bertz CT molecular complexity index is 1500. The van der Waals surface area contributed by atoms with Crippen LogP contribution in [0.15, 0.2) is 71.6 Å². The number of hydrogen-bond acceptors (Lipinski definition) is 7. The number of nitrogens with one attached hydrogen (secondary N) is 1. The van der Waals surface area contributed by atoms with Gasteiger partial charge in [-0.3, -0.25) is 9.59 Å². The summed E-state index contributed by atoms with van der Waals surface area (Å²) in [6, 6.07) is 18.6. The lowest BCUT2D eigenvalue weighted by atomic mass is 10.1. The second kappa shape index (κ2) is 11.7. The highest BCUT2D eigenvalue weighted by Gasteiger charge is 2.32. The zero-order chi connectivity index (χ0) is 28.3. The predicted molar refractivity (Wildman–Crippen MR) is 150 cm³/mol. The van der Waals surface area contributed by atoms with Gasteiger partial charge in [-0.25, -0.2) is 8.42 Å². The van der Waals surface area contributed by atoms with Crippen molar-refractivity contribution in [3.63, 3.8) is 0 Å². The number of carbonyl (C=O) groups is 2. The predicted octanol–water partition coefficient (Wildman–Crippen LogP) is 3.46. The molecule has 2 aliphatic rings. The molecule has 3 aromatic rings. The molecule has 0 aromatic heterocycles. The average molecular weight is 566 g/mol. The summed E-state index contributed by atoms with van der Waals surface area (Å²) in [5.74, 6) is 0.624.